The fourth-order valence-corrected chi connectivity index (χ4v) is 3.51. The predicted molar refractivity (Wildman–Crippen MR) is 79.9 cm³/mol. The van der Waals surface area contributed by atoms with Crippen LogP contribution in [0, 0.1) is 5.92 Å². The molecule has 0 aromatic rings. The van der Waals surface area contributed by atoms with Crippen molar-refractivity contribution >= 4 is 11.8 Å². The van der Waals surface area contributed by atoms with E-state index in [-0.39, 0.29) is 0 Å². The summed E-state index contributed by atoms with van der Waals surface area (Å²) < 4.78 is 0. The number of nitrogens with one attached hydrogen (secondary N) is 1. The first-order chi connectivity index (χ1) is 8.11. The summed E-state index contributed by atoms with van der Waals surface area (Å²) in [5.41, 5.74) is 0. The van der Waals surface area contributed by atoms with Crippen molar-refractivity contribution in [1.29, 1.82) is 0 Å². The van der Waals surface area contributed by atoms with Crippen LogP contribution in [0.3, 0.4) is 0 Å². The number of hydrogen-bond donors (Lipinski definition) is 1. The second-order valence-electron chi connectivity index (χ2n) is 5.75. The second kappa shape index (κ2) is 8.39. The molecule has 2 unspecified atom stereocenters. The molecular formula is C14H30N2S. The van der Waals surface area contributed by atoms with E-state index in [0.717, 1.165) is 24.5 Å². The maximum atomic E-state index is 3.53. The lowest BCUT2D eigenvalue weighted by Gasteiger charge is -2.37. The Balaban J connectivity index is 2.09. The molecule has 0 radical (unpaired) electrons. The summed E-state index contributed by atoms with van der Waals surface area (Å²) in [6.45, 7) is 12.9. The molecule has 0 aliphatic carbocycles. The van der Waals surface area contributed by atoms with Crippen molar-refractivity contribution in [1.82, 2.24) is 10.2 Å². The highest BCUT2D eigenvalue weighted by Gasteiger charge is 2.22. The quantitative estimate of drug-likeness (QED) is 0.707. The molecule has 2 atom stereocenters. The molecule has 2 nitrogen and oxygen atoms in total. The first-order valence-corrected chi connectivity index (χ1v) is 8.31. The Hall–Kier alpha value is 0.270. The molecule has 1 N–H and O–H groups in total. The Morgan fingerprint density at radius 2 is 2.12 bits per heavy atom. The fraction of sp³-hybridized carbons (Fsp3) is 1.00. The van der Waals surface area contributed by atoms with E-state index in [9.17, 15) is 0 Å². The molecular weight excluding hydrogens is 228 g/mol. The lowest BCUT2D eigenvalue weighted by atomic mass is 10.1. The molecule has 1 heterocycles. The highest BCUT2D eigenvalue weighted by Crippen LogP contribution is 2.20. The van der Waals surface area contributed by atoms with Gasteiger partial charge in [-0.15, -0.1) is 0 Å². The van der Waals surface area contributed by atoms with Gasteiger partial charge in [0.1, 0.15) is 0 Å². The number of rotatable bonds is 7. The van der Waals surface area contributed by atoms with Crippen molar-refractivity contribution < 1.29 is 0 Å². The molecule has 1 aliphatic rings. The van der Waals surface area contributed by atoms with E-state index in [2.05, 4.69) is 49.7 Å². The molecule has 3 heteroatoms. The van der Waals surface area contributed by atoms with Crippen LogP contribution in [0.4, 0.5) is 0 Å². The lowest BCUT2D eigenvalue weighted by molar-refractivity contribution is 0.163. The van der Waals surface area contributed by atoms with Gasteiger partial charge >= 0.3 is 0 Å². The van der Waals surface area contributed by atoms with Gasteiger partial charge in [-0.3, -0.25) is 4.90 Å². The summed E-state index contributed by atoms with van der Waals surface area (Å²) in [6, 6.07) is 1.53. The summed E-state index contributed by atoms with van der Waals surface area (Å²) >= 11 is 2.11. The third-order valence-electron chi connectivity index (χ3n) is 3.51. The lowest BCUT2D eigenvalue weighted by Crippen LogP contribution is -2.45. The smallest absolute Gasteiger partial charge is 0.0161 e. The second-order valence-corrected chi connectivity index (χ2v) is 6.90. The topological polar surface area (TPSA) is 15.3 Å². The first-order valence-electron chi connectivity index (χ1n) is 7.15. The summed E-state index contributed by atoms with van der Waals surface area (Å²) in [4.78, 5) is 2.69. The van der Waals surface area contributed by atoms with Gasteiger partial charge in [0.2, 0.25) is 0 Å². The minimum absolute atomic E-state index is 0.756. The van der Waals surface area contributed by atoms with Gasteiger partial charge in [-0.05, 0) is 45.7 Å². The van der Waals surface area contributed by atoms with Crippen molar-refractivity contribution in [2.24, 2.45) is 5.92 Å². The molecule has 1 rings (SSSR count). The zero-order valence-electron chi connectivity index (χ0n) is 12.0. The third kappa shape index (κ3) is 6.12. The summed E-state index contributed by atoms with van der Waals surface area (Å²) in [6.07, 6.45) is 2.64. The molecule has 17 heavy (non-hydrogen) atoms. The SMILES string of the molecule is CC(C)CNCCCC(C)N1CCSCC1C. The normalized spacial score (nSPS) is 24.2. The third-order valence-corrected chi connectivity index (χ3v) is 4.70. The van der Waals surface area contributed by atoms with Gasteiger partial charge in [-0.1, -0.05) is 13.8 Å². The van der Waals surface area contributed by atoms with Crippen LogP contribution in [0.15, 0.2) is 0 Å². The van der Waals surface area contributed by atoms with E-state index < -0.39 is 0 Å². The summed E-state index contributed by atoms with van der Waals surface area (Å²) in [7, 11) is 0. The van der Waals surface area contributed by atoms with Gasteiger partial charge in [-0.2, -0.15) is 11.8 Å². The minimum atomic E-state index is 0.756. The molecule has 0 aromatic heterocycles. The zero-order valence-corrected chi connectivity index (χ0v) is 12.9. The van der Waals surface area contributed by atoms with Crippen molar-refractivity contribution in [3.8, 4) is 0 Å². The largest absolute Gasteiger partial charge is 0.316 e. The molecule has 1 fully saturated rings. The number of thioether (sulfide) groups is 1. The molecule has 1 aliphatic heterocycles. The van der Waals surface area contributed by atoms with Crippen LogP contribution in [0.5, 0.6) is 0 Å². The van der Waals surface area contributed by atoms with E-state index >= 15 is 0 Å². The molecule has 1 saturated heterocycles. The van der Waals surface area contributed by atoms with Gasteiger partial charge < -0.3 is 5.32 Å². The average Bonchev–Trinajstić information content (AvgIpc) is 2.28. The van der Waals surface area contributed by atoms with Crippen LogP contribution in [0.1, 0.15) is 40.5 Å². The molecule has 0 saturated carbocycles. The van der Waals surface area contributed by atoms with Gasteiger partial charge in [0.25, 0.3) is 0 Å². The molecule has 0 bridgehead atoms. The van der Waals surface area contributed by atoms with Crippen LogP contribution < -0.4 is 5.32 Å². The van der Waals surface area contributed by atoms with Crippen molar-refractivity contribution in [3.63, 3.8) is 0 Å². The number of hydrogen-bond acceptors (Lipinski definition) is 3. The van der Waals surface area contributed by atoms with Gasteiger partial charge in [-0.25, -0.2) is 0 Å². The maximum Gasteiger partial charge on any atom is 0.0161 e. The van der Waals surface area contributed by atoms with E-state index in [1.54, 1.807) is 0 Å². The van der Waals surface area contributed by atoms with Gasteiger partial charge in [0.15, 0.2) is 0 Å². The van der Waals surface area contributed by atoms with E-state index in [1.165, 1.54) is 37.4 Å². The van der Waals surface area contributed by atoms with Crippen LogP contribution in [-0.4, -0.2) is 48.1 Å². The zero-order chi connectivity index (χ0) is 12.7. The highest BCUT2D eigenvalue weighted by atomic mass is 32.2. The maximum absolute atomic E-state index is 3.53. The van der Waals surface area contributed by atoms with Crippen molar-refractivity contribution in [3.05, 3.63) is 0 Å². The predicted octanol–water partition coefficient (Wildman–Crippen LogP) is 2.84. The minimum Gasteiger partial charge on any atom is -0.316 e. The Morgan fingerprint density at radius 1 is 1.35 bits per heavy atom. The van der Waals surface area contributed by atoms with Crippen molar-refractivity contribution in [2.45, 2.75) is 52.6 Å². The average molecular weight is 258 g/mol. The standard InChI is InChI=1S/C14H30N2S/c1-12(2)10-15-7-5-6-13(3)16-8-9-17-11-14(16)4/h12-15H,5-11H2,1-4H3. The first kappa shape index (κ1) is 15.3. The Bertz CT molecular complexity index is 197. The monoisotopic (exact) mass is 258 g/mol. The fourth-order valence-electron chi connectivity index (χ4n) is 2.47. The van der Waals surface area contributed by atoms with Crippen LogP contribution in [0.2, 0.25) is 0 Å². The Morgan fingerprint density at radius 3 is 2.76 bits per heavy atom. The molecule has 102 valence electrons. The van der Waals surface area contributed by atoms with Crippen molar-refractivity contribution in [2.75, 3.05) is 31.1 Å². The summed E-state index contributed by atoms with van der Waals surface area (Å²) in [5, 5.41) is 3.53. The molecule has 0 aromatic carbocycles. The van der Waals surface area contributed by atoms with E-state index in [0.29, 0.717) is 0 Å². The molecule has 0 amide bonds. The number of nitrogens with zero attached hydrogens (tertiary/aromatic N) is 1. The Kier molecular flexibility index (Phi) is 7.56. The molecule has 0 spiro atoms. The van der Waals surface area contributed by atoms with Crippen LogP contribution in [0.25, 0.3) is 0 Å². The van der Waals surface area contributed by atoms with Gasteiger partial charge in [0, 0.05) is 30.1 Å². The van der Waals surface area contributed by atoms with E-state index in [1.807, 2.05) is 0 Å². The Labute approximate surface area is 112 Å². The van der Waals surface area contributed by atoms with Gasteiger partial charge in [0.05, 0.1) is 0 Å². The van der Waals surface area contributed by atoms with Crippen LogP contribution >= 0.6 is 11.8 Å². The summed E-state index contributed by atoms with van der Waals surface area (Å²) in [5.74, 6) is 3.41. The highest BCUT2D eigenvalue weighted by molar-refractivity contribution is 7.99. The van der Waals surface area contributed by atoms with E-state index in [4.69, 9.17) is 0 Å². The van der Waals surface area contributed by atoms with Crippen LogP contribution in [-0.2, 0) is 0 Å².